The highest BCUT2D eigenvalue weighted by molar-refractivity contribution is 5.82. The van der Waals surface area contributed by atoms with Crippen LogP contribution < -0.4 is 4.74 Å². The first-order chi connectivity index (χ1) is 11.6. The second-order valence-corrected chi connectivity index (χ2v) is 5.11. The second-order valence-electron chi connectivity index (χ2n) is 5.11. The van der Waals surface area contributed by atoms with Crippen LogP contribution in [0.2, 0.25) is 0 Å². The molecule has 0 aliphatic heterocycles. The van der Waals surface area contributed by atoms with E-state index >= 15 is 0 Å². The van der Waals surface area contributed by atoms with Gasteiger partial charge in [-0.25, -0.2) is 17.9 Å². The number of aromatic nitrogens is 3. The molecule has 0 aliphatic carbocycles. The van der Waals surface area contributed by atoms with Crippen LogP contribution in [0.5, 0.6) is 11.5 Å². The molecule has 24 heavy (non-hydrogen) atoms. The lowest BCUT2D eigenvalue weighted by molar-refractivity contribution is 0.410. The van der Waals surface area contributed by atoms with Crippen molar-refractivity contribution in [2.75, 3.05) is 0 Å². The van der Waals surface area contributed by atoms with E-state index in [1.807, 2.05) is 0 Å². The summed E-state index contributed by atoms with van der Waals surface area (Å²) in [6.07, 6.45) is 4.55. The lowest BCUT2D eigenvalue weighted by atomic mass is 10.2. The van der Waals surface area contributed by atoms with E-state index in [1.165, 1.54) is 35.3 Å². The molecule has 7 heteroatoms. The fourth-order valence-electron chi connectivity index (χ4n) is 2.47. The standard InChI is InChI=1S/C17H10F3N3O/c18-12-3-2-10(8-15(12)23-7-1-5-22-23)24-17-13(19)9-14-11(16(17)20)4-6-21-14/h1-9,21H. The number of hydrogen-bond donors (Lipinski definition) is 1. The molecule has 1 N–H and O–H groups in total. The van der Waals surface area contributed by atoms with E-state index in [4.69, 9.17) is 4.74 Å². The Morgan fingerprint density at radius 2 is 1.92 bits per heavy atom. The van der Waals surface area contributed by atoms with E-state index in [0.717, 1.165) is 12.1 Å². The Morgan fingerprint density at radius 1 is 1.04 bits per heavy atom. The quantitative estimate of drug-likeness (QED) is 0.598. The van der Waals surface area contributed by atoms with Crippen molar-refractivity contribution in [3.05, 3.63) is 72.4 Å². The van der Waals surface area contributed by atoms with Gasteiger partial charge in [-0.15, -0.1) is 0 Å². The molecule has 0 saturated heterocycles. The minimum absolute atomic E-state index is 0.0922. The smallest absolute Gasteiger partial charge is 0.199 e. The topological polar surface area (TPSA) is 42.8 Å². The number of nitrogens with zero attached hydrogens (tertiary/aromatic N) is 2. The van der Waals surface area contributed by atoms with Crippen molar-refractivity contribution in [1.29, 1.82) is 0 Å². The largest absolute Gasteiger partial charge is 0.451 e. The van der Waals surface area contributed by atoms with Gasteiger partial charge >= 0.3 is 0 Å². The van der Waals surface area contributed by atoms with Crippen molar-refractivity contribution in [2.45, 2.75) is 0 Å². The fraction of sp³-hybridized carbons (Fsp3) is 0. The van der Waals surface area contributed by atoms with Gasteiger partial charge in [0.15, 0.2) is 17.4 Å². The van der Waals surface area contributed by atoms with Gasteiger partial charge in [-0.1, -0.05) is 0 Å². The van der Waals surface area contributed by atoms with E-state index in [2.05, 4.69) is 10.1 Å². The summed E-state index contributed by atoms with van der Waals surface area (Å²) in [5, 5.41) is 4.14. The predicted octanol–water partition coefficient (Wildman–Crippen LogP) is 4.56. The van der Waals surface area contributed by atoms with Crippen LogP contribution in [-0.4, -0.2) is 14.8 Å². The Bertz CT molecular complexity index is 1030. The first kappa shape index (κ1) is 14.4. The molecule has 0 saturated carbocycles. The van der Waals surface area contributed by atoms with Gasteiger partial charge in [-0.05, 0) is 24.3 Å². The molecule has 0 fully saturated rings. The maximum Gasteiger partial charge on any atom is 0.199 e. The Morgan fingerprint density at radius 3 is 2.71 bits per heavy atom. The van der Waals surface area contributed by atoms with E-state index in [0.29, 0.717) is 5.52 Å². The van der Waals surface area contributed by atoms with Gasteiger partial charge in [-0.3, -0.25) is 0 Å². The maximum atomic E-state index is 14.4. The van der Waals surface area contributed by atoms with Crippen LogP contribution in [0.4, 0.5) is 13.2 Å². The molecule has 0 unspecified atom stereocenters. The Kier molecular flexibility index (Phi) is 3.26. The van der Waals surface area contributed by atoms with Crippen molar-refractivity contribution in [1.82, 2.24) is 14.8 Å². The molecule has 0 radical (unpaired) electrons. The highest BCUT2D eigenvalue weighted by atomic mass is 19.1. The van der Waals surface area contributed by atoms with E-state index in [-0.39, 0.29) is 16.8 Å². The third-order valence-corrected chi connectivity index (χ3v) is 3.59. The molecule has 4 rings (SSSR count). The summed E-state index contributed by atoms with van der Waals surface area (Å²) in [7, 11) is 0. The van der Waals surface area contributed by atoms with Crippen LogP contribution in [0.15, 0.2) is 55.0 Å². The molecular weight excluding hydrogens is 319 g/mol. The number of hydrogen-bond acceptors (Lipinski definition) is 2. The second kappa shape index (κ2) is 5.45. The average Bonchev–Trinajstić information content (AvgIpc) is 3.24. The lowest BCUT2D eigenvalue weighted by Crippen LogP contribution is -2.00. The normalized spacial score (nSPS) is 11.1. The van der Waals surface area contributed by atoms with Crippen LogP contribution >= 0.6 is 0 Å². The number of benzene rings is 2. The first-order valence-corrected chi connectivity index (χ1v) is 7.06. The fourth-order valence-corrected chi connectivity index (χ4v) is 2.47. The Labute approximate surface area is 134 Å². The van der Waals surface area contributed by atoms with E-state index in [9.17, 15) is 13.2 Å². The van der Waals surface area contributed by atoms with Gasteiger partial charge in [0.25, 0.3) is 0 Å². The summed E-state index contributed by atoms with van der Waals surface area (Å²) >= 11 is 0. The zero-order valence-corrected chi connectivity index (χ0v) is 12.1. The summed E-state index contributed by atoms with van der Waals surface area (Å²) in [4.78, 5) is 2.73. The van der Waals surface area contributed by atoms with Crippen LogP contribution in [0.25, 0.3) is 16.6 Å². The van der Waals surface area contributed by atoms with Crippen molar-refractivity contribution in [2.24, 2.45) is 0 Å². The molecule has 0 aliphatic rings. The van der Waals surface area contributed by atoms with Gasteiger partial charge in [0.1, 0.15) is 17.3 Å². The molecule has 4 aromatic rings. The number of H-pyrrole nitrogens is 1. The SMILES string of the molecule is Fc1ccc(Oc2c(F)cc3[nH]ccc3c2F)cc1-n1cccn1. The van der Waals surface area contributed by atoms with Crippen LogP contribution in [-0.2, 0) is 0 Å². The molecule has 4 nitrogen and oxygen atoms in total. The number of fused-ring (bicyclic) bond motifs is 1. The van der Waals surface area contributed by atoms with Gasteiger partial charge < -0.3 is 9.72 Å². The van der Waals surface area contributed by atoms with Crippen LogP contribution in [0.1, 0.15) is 0 Å². The first-order valence-electron chi connectivity index (χ1n) is 7.06. The predicted molar refractivity (Wildman–Crippen MR) is 81.8 cm³/mol. The monoisotopic (exact) mass is 329 g/mol. The molecule has 0 atom stereocenters. The summed E-state index contributed by atoms with van der Waals surface area (Å²) in [6, 6.07) is 8.02. The number of nitrogens with one attached hydrogen (secondary N) is 1. The number of aromatic amines is 1. The summed E-state index contributed by atoms with van der Waals surface area (Å²) in [6.45, 7) is 0. The maximum absolute atomic E-state index is 14.4. The van der Waals surface area contributed by atoms with Gasteiger partial charge in [-0.2, -0.15) is 5.10 Å². The summed E-state index contributed by atoms with van der Waals surface area (Å²) < 4.78 is 49.1. The summed E-state index contributed by atoms with van der Waals surface area (Å²) in [5.41, 5.74) is 0.440. The zero-order chi connectivity index (χ0) is 16.7. The molecule has 2 aromatic heterocycles. The molecular formula is C17H10F3N3O. The van der Waals surface area contributed by atoms with Crippen LogP contribution in [0.3, 0.4) is 0 Å². The molecule has 2 aromatic carbocycles. The number of rotatable bonds is 3. The Hall–Kier alpha value is -3.22. The zero-order valence-electron chi connectivity index (χ0n) is 12.1. The van der Waals surface area contributed by atoms with Crippen LogP contribution in [0, 0.1) is 17.5 Å². The van der Waals surface area contributed by atoms with Gasteiger partial charge in [0.05, 0.1) is 5.52 Å². The van der Waals surface area contributed by atoms with Crippen molar-refractivity contribution < 1.29 is 17.9 Å². The molecule has 2 heterocycles. The summed E-state index contributed by atoms with van der Waals surface area (Å²) in [5.74, 6) is -2.66. The van der Waals surface area contributed by atoms with Crippen molar-refractivity contribution >= 4 is 10.9 Å². The number of ether oxygens (including phenoxy) is 1. The Balaban J connectivity index is 1.78. The van der Waals surface area contributed by atoms with Gasteiger partial charge in [0.2, 0.25) is 0 Å². The number of halogens is 3. The van der Waals surface area contributed by atoms with E-state index < -0.39 is 23.2 Å². The molecule has 120 valence electrons. The average molecular weight is 329 g/mol. The highest BCUT2D eigenvalue weighted by Crippen LogP contribution is 2.33. The van der Waals surface area contributed by atoms with E-state index in [1.54, 1.807) is 12.3 Å². The minimum atomic E-state index is -0.854. The minimum Gasteiger partial charge on any atom is -0.451 e. The van der Waals surface area contributed by atoms with Crippen molar-refractivity contribution in [3.8, 4) is 17.2 Å². The lowest BCUT2D eigenvalue weighted by Gasteiger charge is -2.11. The third kappa shape index (κ3) is 2.30. The third-order valence-electron chi connectivity index (χ3n) is 3.59. The molecule has 0 amide bonds. The molecule has 0 spiro atoms. The highest BCUT2D eigenvalue weighted by Gasteiger charge is 2.17. The van der Waals surface area contributed by atoms with Gasteiger partial charge in [0, 0.05) is 36.1 Å². The molecule has 0 bridgehead atoms. The van der Waals surface area contributed by atoms with Crippen molar-refractivity contribution in [3.63, 3.8) is 0 Å².